The molecule has 2 aromatic rings. The lowest BCUT2D eigenvalue weighted by Gasteiger charge is -2.16. The Labute approximate surface area is 118 Å². The van der Waals surface area contributed by atoms with Gasteiger partial charge in [0.25, 0.3) is 0 Å². The van der Waals surface area contributed by atoms with Crippen molar-refractivity contribution in [3.63, 3.8) is 0 Å². The van der Waals surface area contributed by atoms with Crippen LogP contribution in [0.4, 0.5) is 4.39 Å². The fraction of sp³-hybridized carbons (Fsp3) is 0.294. The van der Waals surface area contributed by atoms with Gasteiger partial charge in [0.15, 0.2) is 0 Å². The highest BCUT2D eigenvalue weighted by Crippen LogP contribution is 2.28. The molecule has 106 valence electrons. The summed E-state index contributed by atoms with van der Waals surface area (Å²) < 4.78 is 18.9. The SMILES string of the molecule is Cc1ccc(F)cc1C(O)c1cccc(OC(C)C)c1. The van der Waals surface area contributed by atoms with Crippen LogP contribution in [0.1, 0.15) is 36.6 Å². The van der Waals surface area contributed by atoms with Crippen molar-refractivity contribution in [1.82, 2.24) is 0 Å². The first-order chi connectivity index (χ1) is 9.47. The number of halogens is 1. The molecule has 2 rings (SSSR count). The fourth-order valence-electron chi connectivity index (χ4n) is 2.12. The van der Waals surface area contributed by atoms with Crippen LogP contribution in [0.2, 0.25) is 0 Å². The third-order valence-electron chi connectivity index (χ3n) is 3.08. The number of rotatable bonds is 4. The van der Waals surface area contributed by atoms with E-state index in [-0.39, 0.29) is 11.9 Å². The lowest BCUT2D eigenvalue weighted by Crippen LogP contribution is -2.07. The van der Waals surface area contributed by atoms with Crippen LogP contribution in [-0.2, 0) is 0 Å². The standard InChI is InChI=1S/C17H19FO2/c1-11(2)20-15-6-4-5-13(9-15)17(19)16-10-14(18)8-7-12(16)3/h4-11,17,19H,1-3H3. The summed E-state index contributed by atoms with van der Waals surface area (Å²) in [6.45, 7) is 5.74. The molecular formula is C17H19FO2. The summed E-state index contributed by atoms with van der Waals surface area (Å²) in [5, 5.41) is 10.4. The van der Waals surface area contributed by atoms with Gasteiger partial charge >= 0.3 is 0 Å². The van der Waals surface area contributed by atoms with E-state index in [0.717, 1.165) is 5.56 Å². The van der Waals surface area contributed by atoms with Crippen LogP contribution < -0.4 is 4.74 Å². The van der Waals surface area contributed by atoms with E-state index >= 15 is 0 Å². The molecule has 0 aliphatic rings. The van der Waals surface area contributed by atoms with E-state index in [1.54, 1.807) is 12.1 Å². The first-order valence-electron chi connectivity index (χ1n) is 6.68. The lowest BCUT2D eigenvalue weighted by molar-refractivity contribution is 0.215. The second-order valence-corrected chi connectivity index (χ2v) is 5.14. The van der Waals surface area contributed by atoms with Gasteiger partial charge in [-0.2, -0.15) is 0 Å². The van der Waals surface area contributed by atoms with Crippen LogP contribution in [0.15, 0.2) is 42.5 Å². The Morgan fingerprint density at radius 3 is 2.55 bits per heavy atom. The molecule has 1 unspecified atom stereocenters. The molecule has 1 atom stereocenters. The maximum Gasteiger partial charge on any atom is 0.123 e. The smallest absolute Gasteiger partial charge is 0.123 e. The summed E-state index contributed by atoms with van der Waals surface area (Å²) >= 11 is 0. The van der Waals surface area contributed by atoms with Crippen molar-refractivity contribution in [3.05, 3.63) is 65.0 Å². The molecule has 2 nitrogen and oxygen atoms in total. The van der Waals surface area contributed by atoms with Crippen LogP contribution >= 0.6 is 0 Å². The maximum atomic E-state index is 13.3. The molecule has 0 aliphatic heterocycles. The van der Waals surface area contributed by atoms with Crippen LogP contribution in [0.5, 0.6) is 5.75 Å². The first kappa shape index (κ1) is 14.5. The monoisotopic (exact) mass is 274 g/mol. The van der Waals surface area contributed by atoms with Gasteiger partial charge in [0.05, 0.1) is 6.10 Å². The van der Waals surface area contributed by atoms with E-state index in [1.165, 1.54) is 12.1 Å². The number of aryl methyl sites for hydroxylation is 1. The molecule has 2 aromatic carbocycles. The van der Waals surface area contributed by atoms with Crippen molar-refractivity contribution >= 4 is 0 Å². The van der Waals surface area contributed by atoms with Gasteiger partial charge in [-0.1, -0.05) is 18.2 Å². The molecule has 0 radical (unpaired) electrons. The minimum atomic E-state index is -0.860. The fourth-order valence-corrected chi connectivity index (χ4v) is 2.12. The zero-order valence-corrected chi connectivity index (χ0v) is 11.9. The number of benzene rings is 2. The number of ether oxygens (including phenoxy) is 1. The van der Waals surface area contributed by atoms with Gasteiger partial charge < -0.3 is 9.84 Å². The Balaban J connectivity index is 2.33. The van der Waals surface area contributed by atoms with Crippen LogP contribution in [-0.4, -0.2) is 11.2 Å². The van der Waals surface area contributed by atoms with Gasteiger partial charge in [0, 0.05) is 0 Å². The number of aliphatic hydroxyl groups is 1. The summed E-state index contributed by atoms with van der Waals surface area (Å²) in [4.78, 5) is 0. The molecule has 1 N–H and O–H groups in total. The molecule has 0 spiro atoms. The minimum Gasteiger partial charge on any atom is -0.491 e. The number of aliphatic hydroxyl groups excluding tert-OH is 1. The third-order valence-corrected chi connectivity index (χ3v) is 3.08. The van der Waals surface area contributed by atoms with E-state index in [1.807, 2.05) is 39.0 Å². The minimum absolute atomic E-state index is 0.0679. The van der Waals surface area contributed by atoms with E-state index in [4.69, 9.17) is 4.74 Å². The normalized spacial score (nSPS) is 12.5. The van der Waals surface area contributed by atoms with Crippen molar-refractivity contribution in [2.45, 2.75) is 33.0 Å². The highest BCUT2D eigenvalue weighted by Gasteiger charge is 2.14. The number of hydrogen-bond acceptors (Lipinski definition) is 2. The van der Waals surface area contributed by atoms with Gasteiger partial charge in [0.1, 0.15) is 17.7 Å². The lowest BCUT2D eigenvalue weighted by atomic mass is 9.97. The van der Waals surface area contributed by atoms with E-state index in [0.29, 0.717) is 16.9 Å². The van der Waals surface area contributed by atoms with Gasteiger partial charge in [-0.05, 0) is 61.7 Å². The molecule has 0 heterocycles. The average molecular weight is 274 g/mol. The largest absolute Gasteiger partial charge is 0.491 e. The van der Waals surface area contributed by atoms with Gasteiger partial charge in [-0.3, -0.25) is 0 Å². The van der Waals surface area contributed by atoms with Crippen molar-refractivity contribution in [2.75, 3.05) is 0 Å². The van der Waals surface area contributed by atoms with E-state index in [2.05, 4.69) is 0 Å². The van der Waals surface area contributed by atoms with Crippen LogP contribution in [0, 0.1) is 12.7 Å². The first-order valence-corrected chi connectivity index (χ1v) is 6.68. The summed E-state index contributed by atoms with van der Waals surface area (Å²) in [6, 6.07) is 11.7. The van der Waals surface area contributed by atoms with Crippen molar-refractivity contribution in [2.24, 2.45) is 0 Å². The van der Waals surface area contributed by atoms with E-state index < -0.39 is 6.10 Å². The zero-order chi connectivity index (χ0) is 14.7. The van der Waals surface area contributed by atoms with Crippen LogP contribution in [0.3, 0.4) is 0 Å². The van der Waals surface area contributed by atoms with Crippen LogP contribution in [0.25, 0.3) is 0 Å². The van der Waals surface area contributed by atoms with E-state index in [9.17, 15) is 9.50 Å². The molecule has 0 aromatic heterocycles. The Kier molecular flexibility index (Phi) is 4.40. The topological polar surface area (TPSA) is 29.5 Å². The molecule has 20 heavy (non-hydrogen) atoms. The second-order valence-electron chi connectivity index (χ2n) is 5.14. The average Bonchev–Trinajstić information content (AvgIpc) is 2.40. The summed E-state index contributed by atoms with van der Waals surface area (Å²) in [5.74, 6) is 0.352. The molecular weight excluding hydrogens is 255 g/mol. The van der Waals surface area contributed by atoms with Gasteiger partial charge in [-0.25, -0.2) is 4.39 Å². The summed E-state index contributed by atoms with van der Waals surface area (Å²) in [5.41, 5.74) is 2.12. The van der Waals surface area contributed by atoms with Crippen molar-refractivity contribution in [3.8, 4) is 5.75 Å². The molecule has 0 aliphatic carbocycles. The Hall–Kier alpha value is -1.87. The summed E-state index contributed by atoms with van der Waals surface area (Å²) in [6.07, 6.45) is -0.792. The molecule has 0 saturated heterocycles. The van der Waals surface area contributed by atoms with Crippen molar-refractivity contribution < 1.29 is 14.2 Å². The van der Waals surface area contributed by atoms with Gasteiger partial charge in [-0.15, -0.1) is 0 Å². The predicted molar refractivity (Wildman–Crippen MR) is 77.4 cm³/mol. The molecule has 0 fully saturated rings. The highest BCUT2D eigenvalue weighted by molar-refractivity contribution is 5.38. The number of hydrogen-bond donors (Lipinski definition) is 1. The van der Waals surface area contributed by atoms with Crippen molar-refractivity contribution in [1.29, 1.82) is 0 Å². The second kappa shape index (κ2) is 6.06. The Morgan fingerprint density at radius 1 is 1.10 bits per heavy atom. The Bertz CT molecular complexity index is 593. The third kappa shape index (κ3) is 3.36. The molecule has 0 amide bonds. The predicted octanol–water partition coefficient (Wildman–Crippen LogP) is 4.00. The Morgan fingerprint density at radius 2 is 1.85 bits per heavy atom. The van der Waals surface area contributed by atoms with Gasteiger partial charge in [0.2, 0.25) is 0 Å². The molecule has 0 saturated carbocycles. The highest BCUT2D eigenvalue weighted by atomic mass is 19.1. The molecule has 0 bridgehead atoms. The summed E-state index contributed by atoms with van der Waals surface area (Å²) in [7, 11) is 0. The quantitative estimate of drug-likeness (QED) is 0.913. The molecule has 3 heteroatoms. The zero-order valence-electron chi connectivity index (χ0n) is 11.9. The maximum absolute atomic E-state index is 13.3.